The predicted molar refractivity (Wildman–Crippen MR) is 82.9 cm³/mol. The second-order valence-electron chi connectivity index (χ2n) is 4.20. The fourth-order valence-electron chi connectivity index (χ4n) is 1.61. The number of nitrogen functional groups attached to an aromatic ring is 1. The molecule has 0 aliphatic carbocycles. The Morgan fingerprint density at radius 1 is 1.42 bits per heavy atom. The second-order valence-corrected chi connectivity index (χ2v) is 7.04. The number of ether oxygens (including phenoxy) is 1. The topological polar surface area (TPSA) is 60.2 Å². The van der Waals surface area contributed by atoms with Crippen molar-refractivity contribution in [3.8, 4) is 17.0 Å². The average Bonchev–Trinajstić information content (AvgIpc) is 2.81. The normalized spacial score (nSPS) is 10.8. The first kappa shape index (κ1) is 14.2. The molecular formula is C13H17N3OS2. The maximum atomic E-state index is 5.46. The molecule has 1 heterocycles. The van der Waals surface area contributed by atoms with E-state index in [1.807, 2.05) is 24.3 Å². The second kappa shape index (κ2) is 6.27. The summed E-state index contributed by atoms with van der Waals surface area (Å²) in [6.45, 7) is 4.32. The summed E-state index contributed by atoms with van der Waals surface area (Å²) in [5.74, 6) is 6.29. The minimum absolute atomic E-state index is 0.496. The molecule has 19 heavy (non-hydrogen) atoms. The minimum Gasteiger partial charge on any atom is -0.497 e. The molecule has 4 nitrogen and oxygen atoms in total. The lowest BCUT2D eigenvalue weighted by atomic mass is 10.2. The molecule has 1 aromatic carbocycles. The number of hydrogen-bond acceptors (Lipinski definition) is 6. The fourth-order valence-corrected chi connectivity index (χ4v) is 3.96. The maximum absolute atomic E-state index is 5.46. The van der Waals surface area contributed by atoms with Gasteiger partial charge >= 0.3 is 0 Å². The van der Waals surface area contributed by atoms with Crippen molar-refractivity contribution < 1.29 is 4.74 Å². The molecule has 0 bridgehead atoms. The third-order valence-electron chi connectivity index (χ3n) is 2.41. The van der Waals surface area contributed by atoms with Gasteiger partial charge in [-0.2, -0.15) is 0 Å². The number of anilines is 1. The van der Waals surface area contributed by atoms with E-state index in [4.69, 9.17) is 10.6 Å². The number of nitrogens with one attached hydrogen (secondary N) is 1. The summed E-state index contributed by atoms with van der Waals surface area (Å²) in [5, 5.41) is 1.22. The Bertz CT molecular complexity index is 555. The van der Waals surface area contributed by atoms with Crippen LogP contribution < -0.4 is 16.0 Å². The van der Waals surface area contributed by atoms with Gasteiger partial charge in [-0.1, -0.05) is 37.3 Å². The SMILES string of the molecule is COc1cccc(-c2nc(NN)sc2SC(C)C)c1. The smallest absolute Gasteiger partial charge is 0.198 e. The Balaban J connectivity index is 2.43. The summed E-state index contributed by atoms with van der Waals surface area (Å²) in [5.41, 5.74) is 4.62. The number of rotatable bonds is 5. The molecule has 0 amide bonds. The highest BCUT2D eigenvalue weighted by Crippen LogP contribution is 2.40. The van der Waals surface area contributed by atoms with E-state index in [9.17, 15) is 0 Å². The average molecular weight is 295 g/mol. The van der Waals surface area contributed by atoms with Gasteiger partial charge in [0, 0.05) is 10.8 Å². The van der Waals surface area contributed by atoms with E-state index in [-0.39, 0.29) is 0 Å². The first-order valence-corrected chi connectivity index (χ1v) is 7.62. The lowest BCUT2D eigenvalue weighted by molar-refractivity contribution is 0.415. The van der Waals surface area contributed by atoms with Gasteiger partial charge in [0.1, 0.15) is 5.75 Å². The first-order chi connectivity index (χ1) is 9.13. The molecule has 1 aromatic heterocycles. The Morgan fingerprint density at radius 3 is 2.84 bits per heavy atom. The molecule has 0 unspecified atom stereocenters. The van der Waals surface area contributed by atoms with Crippen LogP contribution in [0, 0.1) is 0 Å². The van der Waals surface area contributed by atoms with Crippen LogP contribution in [-0.4, -0.2) is 17.3 Å². The van der Waals surface area contributed by atoms with Crippen molar-refractivity contribution in [2.75, 3.05) is 12.5 Å². The van der Waals surface area contributed by atoms with Gasteiger partial charge in [-0.05, 0) is 12.1 Å². The lowest BCUT2D eigenvalue weighted by Gasteiger charge is -2.06. The molecule has 6 heteroatoms. The number of thioether (sulfide) groups is 1. The zero-order chi connectivity index (χ0) is 13.8. The van der Waals surface area contributed by atoms with E-state index in [1.54, 1.807) is 30.2 Å². The van der Waals surface area contributed by atoms with Crippen molar-refractivity contribution in [3.05, 3.63) is 24.3 Å². The number of benzene rings is 1. The highest BCUT2D eigenvalue weighted by atomic mass is 32.2. The van der Waals surface area contributed by atoms with Gasteiger partial charge in [-0.25, -0.2) is 10.8 Å². The van der Waals surface area contributed by atoms with Crippen LogP contribution in [0.1, 0.15) is 13.8 Å². The molecule has 0 radical (unpaired) electrons. The number of nitrogens with two attached hydrogens (primary N) is 1. The van der Waals surface area contributed by atoms with Gasteiger partial charge in [0.15, 0.2) is 5.13 Å². The van der Waals surface area contributed by atoms with Crippen LogP contribution in [0.2, 0.25) is 0 Å². The third kappa shape index (κ3) is 3.40. The summed E-state index contributed by atoms with van der Waals surface area (Å²) >= 11 is 3.36. The van der Waals surface area contributed by atoms with Crippen molar-refractivity contribution in [1.82, 2.24) is 4.98 Å². The molecule has 0 saturated carbocycles. The Kier molecular flexibility index (Phi) is 4.68. The molecule has 0 saturated heterocycles. The van der Waals surface area contributed by atoms with Gasteiger partial charge in [0.05, 0.1) is 17.0 Å². The lowest BCUT2D eigenvalue weighted by Crippen LogP contribution is -2.05. The van der Waals surface area contributed by atoms with E-state index in [1.165, 1.54) is 0 Å². The minimum atomic E-state index is 0.496. The van der Waals surface area contributed by atoms with Crippen LogP contribution in [-0.2, 0) is 0 Å². The van der Waals surface area contributed by atoms with Crippen LogP contribution in [0.3, 0.4) is 0 Å². The highest BCUT2D eigenvalue weighted by Gasteiger charge is 2.15. The molecule has 3 N–H and O–H groups in total. The van der Waals surface area contributed by atoms with Crippen molar-refractivity contribution in [3.63, 3.8) is 0 Å². The molecule has 2 rings (SSSR count). The molecule has 0 spiro atoms. The number of nitrogens with zero attached hydrogens (tertiary/aromatic N) is 1. The summed E-state index contributed by atoms with van der Waals surface area (Å²) in [6.07, 6.45) is 0. The van der Waals surface area contributed by atoms with E-state index in [0.717, 1.165) is 26.3 Å². The number of hydrazine groups is 1. The number of aromatic nitrogens is 1. The summed E-state index contributed by atoms with van der Waals surface area (Å²) < 4.78 is 6.42. The van der Waals surface area contributed by atoms with E-state index >= 15 is 0 Å². The van der Waals surface area contributed by atoms with Crippen LogP contribution >= 0.6 is 23.1 Å². The monoisotopic (exact) mass is 295 g/mol. The third-order valence-corrected chi connectivity index (χ3v) is 4.60. The van der Waals surface area contributed by atoms with Gasteiger partial charge in [-0.15, -0.1) is 11.8 Å². The zero-order valence-electron chi connectivity index (χ0n) is 11.1. The number of hydrogen-bond donors (Lipinski definition) is 2. The summed E-state index contributed by atoms with van der Waals surface area (Å²) in [4.78, 5) is 4.53. The molecule has 0 fully saturated rings. The Labute approximate surface area is 121 Å². The Hall–Kier alpha value is -1.24. The predicted octanol–water partition coefficient (Wildman–Crippen LogP) is 3.60. The molecule has 2 aromatic rings. The van der Waals surface area contributed by atoms with Crippen LogP contribution in [0.25, 0.3) is 11.3 Å². The van der Waals surface area contributed by atoms with Crippen molar-refractivity contribution >= 4 is 28.2 Å². The highest BCUT2D eigenvalue weighted by molar-refractivity contribution is 8.01. The fraction of sp³-hybridized carbons (Fsp3) is 0.308. The van der Waals surface area contributed by atoms with Gasteiger partial charge < -0.3 is 4.74 Å². The van der Waals surface area contributed by atoms with E-state index in [0.29, 0.717) is 5.25 Å². The molecule has 0 atom stereocenters. The quantitative estimate of drug-likeness (QED) is 0.501. The summed E-state index contributed by atoms with van der Waals surface area (Å²) in [6, 6.07) is 7.90. The van der Waals surface area contributed by atoms with Gasteiger partial charge in [0.25, 0.3) is 0 Å². The van der Waals surface area contributed by atoms with Crippen LogP contribution in [0.15, 0.2) is 28.5 Å². The van der Waals surface area contributed by atoms with Gasteiger partial charge in [0.2, 0.25) is 0 Å². The first-order valence-electron chi connectivity index (χ1n) is 5.92. The van der Waals surface area contributed by atoms with Crippen molar-refractivity contribution in [2.45, 2.75) is 23.3 Å². The van der Waals surface area contributed by atoms with Crippen LogP contribution in [0.4, 0.5) is 5.13 Å². The van der Waals surface area contributed by atoms with E-state index < -0.39 is 0 Å². The number of methoxy groups -OCH3 is 1. The van der Waals surface area contributed by atoms with Crippen LogP contribution in [0.5, 0.6) is 5.75 Å². The zero-order valence-corrected chi connectivity index (χ0v) is 12.8. The molecular weight excluding hydrogens is 278 g/mol. The standard InChI is InChI=1S/C13H17N3OS2/c1-8(2)18-12-11(15-13(16-14)19-12)9-5-4-6-10(7-9)17-3/h4-8H,14H2,1-3H3,(H,15,16). The summed E-state index contributed by atoms with van der Waals surface area (Å²) in [7, 11) is 1.66. The van der Waals surface area contributed by atoms with Gasteiger partial charge in [-0.3, -0.25) is 5.43 Å². The Morgan fingerprint density at radius 2 is 2.21 bits per heavy atom. The van der Waals surface area contributed by atoms with Crippen molar-refractivity contribution in [2.24, 2.45) is 5.84 Å². The van der Waals surface area contributed by atoms with E-state index in [2.05, 4.69) is 24.3 Å². The molecule has 0 aliphatic heterocycles. The maximum Gasteiger partial charge on any atom is 0.198 e. The van der Waals surface area contributed by atoms with Crippen molar-refractivity contribution in [1.29, 1.82) is 0 Å². The molecule has 102 valence electrons. The molecule has 0 aliphatic rings. The largest absolute Gasteiger partial charge is 0.497 e. The number of thiazole rings is 1.